The van der Waals surface area contributed by atoms with Gasteiger partial charge in [0.05, 0.1) is 0 Å². The van der Waals surface area contributed by atoms with Crippen LogP contribution in [0.5, 0.6) is 0 Å². The van der Waals surface area contributed by atoms with Gasteiger partial charge in [0.25, 0.3) is 5.91 Å². The van der Waals surface area contributed by atoms with Gasteiger partial charge in [-0.15, -0.1) is 10.2 Å². The van der Waals surface area contributed by atoms with Crippen LogP contribution in [0.25, 0.3) is 0 Å². The summed E-state index contributed by atoms with van der Waals surface area (Å²) in [5.41, 5.74) is 4.30. The van der Waals surface area contributed by atoms with Gasteiger partial charge < -0.3 is 5.32 Å². The molecule has 0 fully saturated rings. The van der Waals surface area contributed by atoms with E-state index in [1.807, 2.05) is 36.4 Å². The van der Waals surface area contributed by atoms with Gasteiger partial charge in [-0.25, -0.2) is 0 Å². The van der Waals surface area contributed by atoms with E-state index in [-0.39, 0.29) is 11.2 Å². The summed E-state index contributed by atoms with van der Waals surface area (Å²) in [5.74, 6) is -0.104. The number of nitrogens with zero attached hydrogens (tertiary/aromatic N) is 2. The van der Waals surface area contributed by atoms with E-state index in [0.717, 1.165) is 15.6 Å². The van der Waals surface area contributed by atoms with Crippen LogP contribution in [-0.4, -0.2) is 16.1 Å². The van der Waals surface area contributed by atoms with Crippen molar-refractivity contribution in [1.82, 2.24) is 10.2 Å². The maximum atomic E-state index is 12.2. The summed E-state index contributed by atoms with van der Waals surface area (Å²) in [7, 11) is 0. The highest BCUT2D eigenvalue weighted by Gasteiger charge is 2.11. The van der Waals surface area contributed by atoms with Gasteiger partial charge in [-0.3, -0.25) is 4.79 Å². The molecule has 0 saturated carbocycles. The van der Waals surface area contributed by atoms with Gasteiger partial charge >= 0.3 is 0 Å². The molecule has 0 aliphatic heterocycles. The van der Waals surface area contributed by atoms with E-state index in [1.54, 1.807) is 29.4 Å². The second kappa shape index (κ2) is 7.39. The standard InChI is InChI=1S/C17H15N3OS2/c1-12(23-17-20-18-11-22-17)14-8-5-9-15(10-14)19-16(21)13-6-3-2-4-7-13/h2-12H,1H3,(H,19,21). The summed E-state index contributed by atoms with van der Waals surface area (Å²) in [6.07, 6.45) is 0. The molecule has 3 rings (SSSR count). The van der Waals surface area contributed by atoms with Crippen molar-refractivity contribution in [2.75, 3.05) is 5.32 Å². The van der Waals surface area contributed by atoms with Crippen LogP contribution in [0.4, 0.5) is 5.69 Å². The zero-order chi connectivity index (χ0) is 16.1. The Bertz CT molecular complexity index is 776. The highest BCUT2D eigenvalue weighted by Crippen LogP contribution is 2.36. The molecule has 0 radical (unpaired) electrons. The van der Waals surface area contributed by atoms with Crippen LogP contribution in [-0.2, 0) is 0 Å². The number of rotatable bonds is 5. The first-order chi connectivity index (χ1) is 11.2. The van der Waals surface area contributed by atoms with Crippen LogP contribution in [0.3, 0.4) is 0 Å². The quantitative estimate of drug-likeness (QED) is 0.687. The predicted molar refractivity (Wildman–Crippen MR) is 95.0 cm³/mol. The maximum absolute atomic E-state index is 12.2. The van der Waals surface area contributed by atoms with E-state index in [1.165, 1.54) is 11.3 Å². The van der Waals surface area contributed by atoms with Crippen molar-refractivity contribution in [1.29, 1.82) is 0 Å². The van der Waals surface area contributed by atoms with Crippen LogP contribution < -0.4 is 5.32 Å². The Hall–Kier alpha value is -2.18. The van der Waals surface area contributed by atoms with E-state index in [2.05, 4.69) is 28.5 Å². The second-order valence-corrected chi connectivity index (χ2v) is 7.33. The molecule has 1 N–H and O–H groups in total. The molecule has 0 spiro atoms. The van der Waals surface area contributed by atoms with E-state index in [0.29, 0.717) is 5.56 Å². The summed E-state index contributed by atoms with van der Waals surface area (Å²) in [4.78, 5) is 12.2. The highest BCUT2D eigenvalue weighted by atomic mass is 32.2. The number of carbonyl (C=O) groups excluding carboxylic acids is 1. The zero-order valence-electron chi connectivity index (χ0n) is 12.5. The van der Waals surface area contributed by atoms with E-state index < -0.39 is 0 Å². The molecule has 1 amide bonds. The summed E-state index contributed by atoms with van der Waals surface area (Å²) in [6.45, 7) is 2.12. The normalized spacial score (nSPS) is 11.9. The lowest BCUT2D eigenvalue weighted by Gasteiger charge is -2.12. The Balaban J connectivity index is 1.71. The van der Waals surface area contributed by atoms with Crippen molar-refractivity contribution in [2.24, 2.45) is 0 Å². The Kier molecular flexibility index (Phi) is 5.05. The fraction of sp³-hybridized carbons (Fsp3) is 0.118. The van der Waals surface area contributed by atoms with Crippen molar-refractivity contribution >= 4 is 34.7 Å². The van der Waals surface area contributed by atoms with Crippen LogP contribution in [0, 0.1) is 0 Å². The fourth-order valence-corrected chi connectivity index (χ4v) is 3.84. The SMILES string of the molecule is CC(Sc1nncs1)c1cccc(NC(=O)c2ccccc2)c1. The number of amides is 1. The minimum absolute atomic E-state index is 0.104. The highest BCUT2D eigenvalue weighted by molar-refractivity contribution is 8.01. The van der Waals surface area contributed by atoms with Crippen molar-refractivity contribution < 1.29 is 4.79 Å². The van der Waals surface area contributed by atoms with Crippen molar-refractivity contribution in [3.05, 3.63) is 71.2 Å². The molecule has 2 aromatic carbocycles. The number of aromatic nitrogens is 2. The largest absolute Gasteiger partial charge is 0.322 e. The number of nitrogens with one attached hydrogen (secondary N) is 1. The molecular formula is C17H15N3OS2. The summed E-state index contributed by atoms with van der Waals surface area (Å²) < 4.78 is 0.941. The fourth-order valence-electron chi connectivity index (χ4n) is 2.10. The van der Waals surface area contributed by atoms with Crippen LogP contribution >= 0.6 is 23.1 Å². The number of hydrogen-bond donors (Lipinski definition) is 1. The summed E-state index contributed by atoms with van der Waals surface area (Å²) in [5, 5.41) is 11.1. The number of anilines is 1. The minimum atomic E-state index is -0.104. The van der Waals surface area contributed by atoms with E-state index in [9.17, 15) is 4.79 Å². The smallest absolute Gasteiger partial charge is 0.255 e. The van der Waals surface area contributed by atoms with Crippen molar-refractivity contribution in [3.63, 3.8) is 0 Å². The molecule has 23 heavy (non-hydrogen) atoms. The average Bonchev–Trinajstić information content (AvgIpc) is 3.09. The molecule has 0 aliphatic carbocycles. The molecule has 1 heterocycles. The third kappa shape index (κ3) is 4.18. The average molecular weight is 341 g/mol. The van der Waals surface area contributed by atoms with E-state index in [4.69, 9.17) is 0 Å². The monoisotopic (exact) mass is 341 g/mol. The third-order valence-corrected chi connectivity index (χ3v) is 5.24. The lowest BCUT2D eigenvalue weighted by atomic mass is 10.1. The Morgan fingerprint density at radius 2 is 2.00 bits per heavy atom. The lowest BCUT2D eigenvalue weighted by molar-refractivity contribution is 0.102. The Labute approximate surface area is 143 Å². The van der Waals surface area contributed by atoms with Gasteiger partial charge in [-0.05, 0) is 36.8 Å². The number of benzene rings is 2. The zero-order valence-corrected chi connectivity index (χ0v) is 14.1. The summed E-state index contributed by atoms with van der Waals surface area (Å²) >= 11 is 3.19. The molecule has 4 nitrogen and oxygen atoms in total. The molecule has 0 bridgehead atoms. The van der Waals surface area contributed by atoms with Crippen LogP contribution in [0.2, 0.25) is 0 Å². The van der Waals surface area contributed by atoms with Gasteiger partial charge in [0.1, 0.15) is 5.51 Å². The first-order valence-electron chi connectivity index (χ1n) is 7.11. The molecule has 0 saturated heterocycles. The van der Waals surface area contributed by atoms with Crippen molar-refractivity contribution in [2.45, 2.75) is 16.5 Å². The molecular weight excluding hydrogens is 326 g/mol. The predicted octanol–water partition coefficient (Wildman–Crippen LogP) is 4.64. The van der Waals surface area contributed by atoms with Crippen LogP contribution in [0.1, 0.15) is 28.1 Å². The third-order valence-electron chi connectivity index (χ3n) is 3.27. The van der Waals surface area contributed by atoms with Crippen LogP contribution in [0.15, 0.2) is 64.4 Å². The Morgan fingerprint density at radius 3 is 2.74 bits per heavy atom. The maximum Gasteiger partial charge on any atom is 0.255 e. The summed E-state index contributed by atoms with van der Waals surface area (Å²) in [6, 6.07) is 17.1. The molecule has 0 aliphatic rings. The first kappa shape index (κ1) is 15.7. The van der Waals surface area contributed by atoms with Gasteiger partial charge in [0.15, 0.2) is 4.34 Å². The second-order valence-electron chi connectivity index (χ2n) is 4.91. The number of hydrogen-bond acceptors (Lipinski definition) is 5. The van der Waals surface area contributed by atoms with Gasteiger partial charge in [-0.1, -0.05) is 53.4 Å². The van der Waals surface area contributed by atoms with E-state index >= 15 is 0 Å². The van der Waals surface area contributed by atoms with Crippen molar-refractivity contribution in [3.8, 4) is 0 Å². The Morgan fingerprint density at radius 1 is 1.17 bits per heavy atom. The molecule has 3 aromatic rings. The molecule has 1 unspecified atom stereocenters. The first-order valence-corrected chi connectivity index (χ1v) is 8.87. The molecule has 1 atom stereocenters. The van der Waals surface area contributed by atoms with Gasteiger partial charge in [0.2, 0.25) is 0 Å². The van der Waals surface area contributed by atoms with Gasteiger partial charge in [0, 0.05) is 16.5 Å². The topological polar surface area (TPSA) is 54.9 Å². The lowest BCUT2D eigenvalue weighted by Crippen LogP contribution is -2.11. The molecule has 116 valence electrons. The molecule has 6 heteroatoms. The minimum Gasteiger partial charge on any atom is -0.322 e. The number of thioether (sulfide) groups is 1. The number of carbonyl (C=O) groups is 1. The van der Waals surface area contributed by atoms with Gasteiger partial charge in [-0.2, -0.15) is 0 Å². The molecule has 1 aromatic heterocycles.